The van der Waals surface area contributed by atoms with Gasteiger partial charge in [0.1, 0.15) is 11.8 Å². The molecular formula is C20H16N4O. The quantitative estimate of drug-likeness (QED) is 0.780. The van der Waals surface area contributed by atoms with Gasteiger partial charge in [-0.2, -0.15) is 0 Å². The highest BCUT2D eigenvalue weighted by Gasteiger charge is 2.33. The van der Waals surface area contributed by atoms with Crippen LogP contribution in [0.3, 0.4) is 0 Å². The number of Topliss-reactive ketones (excluding diaryl/α,β-unsaturated/α-hetero) is 1. The maximum absolute atomic E-state index is 12.5. The molecule has 0 amide bonds. The smallest absolute Gasteiger partial charge is 0.181 e. The topological polar surface area (TPSA) is 71.5 Å². The summed E-state index contributed by atoms with van der Waals surface area (Å²) in [7, 11) is 0. The highest BCUT2D eigenvalue weighted by Crippen LogP contribution is 2.46. The summed E-state index contributed by atoms with van der Waals surface area (Å²) in [6, 6.07) is 10.5. The first kappa shape index (κ1) is 14.3. The molecule has 2 aromatic heterocycles. The zero-order valence-electron chi connectivity index (χ0n) is 13.6. The van der Waals surface area contributed by atoms with Crippen LogP contribution in [0.15, 0.2) is 60.2 Å². The molecule has 5 rings (SSSR count). The van der Waals surface area contributed by atoms with Crippen molar-refractivity contribution in [3.63, 3.8) is 0 Å². The van der Waals surface area contributed by atoms with E-state index >= 15 is 0 Å². The van der Waals surface area contributed by atoms with Gasteiger partial charge in [-0.1, -0.05) is 30.3 Å². The normalized spacial score (nSPS) is 20.1. The molecule has 0 saturated carbocycles. The van der Waals surface area contributed by atoms with Crippen LogP contribution < -0.4 is 0 Å². The molecular weight excluding hydrogens is 312 g/mol. The van der Waals surface area contributed by atoms with Crippen molar-refractivity contribution >= 4 is 22.5 Å². The van der Waals surface area contributed by atoms with Crippen molar-refractivity contribution < 1.29 is 4.79 Å². The van der Waals surface area contributed by atoms with E-state index in [0.29, 0.717) is 18.0 Å². The summed E-state index contributed by atoms with van der Waals surface area (Å²) >= 11 is 0. The average Bonchev–Trinajstić information content (AvgIpc) is 3.30. The number of imidazole rings is 1. The Balaban J connectivity index is 1.57. The third kappa shape index (κ3) is 2.23. The lowest BCUT2D eigenvalue weighted by Gasteiger charge is -2.24. The second-order valence-corrected chi connectivity index (χ2v) is 6.53. The van der Waals surface area contributed by atoms with Crippen molar-refractivity contribution in [3.05, 3.63) is 71.5 Å². The first-order valence-corrected chi connectivity index (χ1v) is 8.47. The number of aromatic amines is 1. The maximum Gasteiger partial charge on any atom is 0.181 e. The molecule has 5 nitrogen and oxygen atoms in total. The van der Waals surface area contributed by atoms with Gasteiger partial charge in [0.05, 0.1) is 12.0 Å². The van der Waals surface area contributed by atoms with E-state index in [4.69, 9.17) is 0 Å². The fraction of sp³-hybridized carbons (Fsp3) is 0.200. The van der Waals surface area contributed by atoms with Gasteiger partial charge < -0.3 is 4.98 Å². The molecule has 1 atom stereocenters. The van der Waals surface area contributed by atoms with Crippen LogP contribution in [0.1, 0.15) is 36.4 Å². The van der Waals surface area contributed by atoms with Crippen molar-refractivity contribution in [3.8, 4) is 0 Å². The van der Waals surface area contributed by atoms with Gasteiger partial charge in [0, 0.05) is 17.9 Å². The van der Waals surface area contributed by atoms with Crippen LogP contribution in [0.4, 0.5) is 0 Å². The maximum atomic E-state index is 12.5. The number of hydrogen-bond acceptors (Lipinski definition) is 4. The molecule has 2 aliphatic rings. The van der Waals surface area contributed by atoms with Crippen LogP contribution in [0.25, 0.3) is 16.7 Å². The van der Waals surface area contributed by atoms with Gasteiger partial charge in [-0.05, 0) is 35.6 Å². The number of carbonyl (C=O) groups is 1. The van der Waals surface area contributed by atoms with E-state index in [2.05, 4.69) is 44.2 Å². The Hall–Kier alpha value is -3.08. The average molecular weight is 328 g/mol. The van der Waals surface area contributed by atoms with E-state index in [1.54, 1.807) is 6.33 Å². The number of rotatable bonds is 2. The lowest BCUT2D eigenvalue weighted by molar-refractivity contribution is -0.115. The van der Waals surface area contributed by atoms with Crippen molar-refractivity contribution in [1.82, 2.24) is 19.9 Å². The Kier molecular flexibility index (Phi) is 3.13. The zero-order chi connectivity index (χ0) is 16.8. The summed E-state index contributed by atoms with van der Waals surface area (Å²) in [5, 5.41) is 0. The molecule has 1 aromatic carbocycles. The largest absolute Gasteiger partial charge is 0.341 e. The predicted molar refractivity (Wildman–Crippen MR) is 94.7 cm³/mol. The Morgan fingerprint density at radius 1 is 1.08 bits per heavy atom. The molecule has 3 aromatic rings. The number of fused-ring (bicyclic) bond motifs is 1. The van der Waals surface area contributed by atoms with Crippen LogP contribution in [-0.2, 0) is 4.79 Å². The summed E-state index contributed by atoms with van der Waals surface area (Å²) in [6.45, 7) is 0. The lowest BCUT2D eigenvalue weighted by Crippen LogP contribution is -2.15. The highest BCUT2D eigenvalue weighted by atomic mass is 16.1. The van der Waals surface area contributed by atoms with Crippen molar-refractivity contribution in [2.45, 2.75) is 25.2 Å². The molecule has 25 heavy (non-hydrogen) atoms. The SMILES string of the molecule is O=C1CCC(c2ccccc2)C2=C1C=C(c1ncnc3nc[nH]c13)C2. The van der Waals surface area contributed by atoms with Gasteiger partial charge in [0.25, 0.3) is 0 Å². The van der Waals surface area contributed by atoms with Crippen molar-refractivity contribution in [1.29, 1.82) is 0 Å². The Morgan fingerprint density at radius 2 is 1.96 bits per heavy atom. The van der Waals surface area contributed by atoms with E-state index in [9.17, 15) is 4.79 Å². The number of allylic oxidation sites excluding steroid dienone is 4. The first-order valence-electron chi connectivity index (χ1n) is 8.47. The highest BCUT2D eigenvalue weighted by molar-refractivity contribution is 6.05. The van der Waals surface area contributed by atoms with Gasteiger partial charge in [0.2, 0.25) is 0 Å². The third-order valence-corrected chi connectivity index (χ3v) is 5.16. The number of aromatic nitrogens is 4. The monoisotopic (exact) mass is 328 g/mol. The van der Waals surface area contributed by atoms with Gasteiger partial charge in [-0.3, -0.25) is 4.79 Å². The standard InChI is InChI=1S/C20H16N4O/c25-17-7-6-14(12-4-2-1-3-5-12)15-8-13(9-16(15)17)18-19-20(23-10-21-18)24-11-22-19/h1-5,9-11,14H,6-8H2,(H,21,22,23,24). The molecule has 1 unspecified atom stereocenters. The number of H-pyrrole nitrogens is 1. The second-order valence-electron chi connectivity index (χ2n) is 6.53. The number of ketones is 1. The van der Waals surface area contributed by atoms with Crippen molar-refractivity contribution in [2.24, 2.45) is 0 Å². The second kappa shape index (κ2) is 5.48. The molecule has 0 bridgehead atoms. The fourth-order valence-corrected chi connectivity index (χ4v) is 3.99. The number of nitrogens with zero attached hydrogens (tertiary/aromatic N) is 3. The predicted octanol–water partition coefficient (Wildman–Crippen LogP) is 3.58. The number of hydrogen-bond donors (Lipinski definition) is 1. The minimum Gasteiger partial charge on any atom is -0.341 e. The molecule has 122 valence electrons. The number of nitrogens with one attached hydrogen (secondary N) is 1. The van der Waals surface area contributed by atoms with Gasteiger partial charge in [0.15, 0.2) is 11.4 Å². The molecule has 0 radical (unpaired) electrons. The zero-order valence-corrected chi connectivity index (χ0v) is 13.6. The van der Waals surface area contributed by atoms with E-state index in [0.717, 1.165) is 35.2 Å². The van der Waals surface area contributed by atoms with E-state index in [-0.39, 0.29) is 5.78 Å². The molecule has 0 spiro atoms. The van der Waals surface area contributed by atoms with Crippen LogP contribution in [0.5, 0.6) is 0 Å². The Morgan fingerprint density at radius 3 is 2.84 bits per heavy atom. The van der Waals surface area contributed by atoms with E-state index in [1.165, 1.54) is 17.5 Å². The molecule has 2 aliphatic carbocycles. The Labute approximate surface area is 144 Å². The summed E-state index contributed by atoms with van der Waals surface area (Å²) in [4.78, 5) is 28.4. The third-order valence-electron chi connectivity index (χ3n) is 5.16. The number of carbonyl (C=O) groups excluding carboxylic acids is 1. The minimum absolute atomic E-state index is 0.243. The van der Waals surface area contributed by atoms with Crippen LogP contribution in [0, 0.1) is 0 Å². The molecule has 0 saturated heterocycles. The van der Waals surface area contributed by atoms with Crippen LogP contribution in [0.2, 0.25) is 0 Å². The van der Waals surface area contributed by atoms with Gasteiger partial charge in [-0.25, -0.2) is 15.0 Å². The van der Waals surface area contributed by atoms with Crippen LogP contribution in [-0.4, -0.2) is 25.7 Å². The summed E-state index contributed by atoms with van der Waals surface area (Å²) in [5.41, 5.74) is 6.78. The van der Waals surface area contributed by atoms with Gasteiger partial charge in [-0.15, -0.1) is 0 Å². The van der Waals surface area contributed by atoms with Gasteiger partial charge >= 0.3 is 0 Å². The number of benzene rings is 1. The summed E-state index contributed by atoms with van der Waals surface area (Å²) < 4.78 is 0. The van der Waals surface area contributed by atoms with E-state index < -0.39 is 0 Å². The molecule has 1 N–H and O–H groups in total. The van der Waals surface area contributed by atoms with Crippen LogP contribution >= 0.6 is 0 Å². The molecule has 0 fully saturated rings. The fourth-order valence-electron chi connectivity index (χ4n) is 3.99. The lowest BCUT2D eigenvalue weighted by atomic mass is 9.79. The molecule has 5 heteroatoms. The Bertz CT molecular complexity index is 1050. The van der Waals surface area contributed by atoms with E-state index in [1.807, 2.05) is 12.1 Å². The minimum atomic E-state index is 0.243. The summed E-state index contributed by atoms with van der Waals surface area (Å²) in [5.74, 6) is 0.550. The molecule has 2 heterocycles. The van der Waals surface area contributed by atoms with Crippen molar-refractivity contribution in [2.75, 3.05) is 0 Å². The summed E-state index contributed by atoms with van der Waals surface area (Å²) in [6.07, 6.45) is 7.43. The molecule has 0 aliphatic heterocycles. The first-order chi connectivity index (χ1) is 12.3.